The van der Waals surface area contributed by atoms with Crippen LogP contribution >= 0.6 is 0 Å². The van der Waals surface area contributed by atoms with E-state index in [-0.39, 0.29) is 5.91 Å². The number of carbonyl (C=O) groups is 1. The van der Waals surface area contributed by atoms with Crippen LogP contribution in [0.2, 0.25) is 0 Å². The van der Waals surface area contributed by atoms with Gasteiger partial charge in [0, 0.05) is 25.8 Å². The van der Waals surface area contributed by atoms with Gasteiger partial charge in [0.15, 0.2) is 0 Å². The number of amides is 1. The highest BCUT2D eigenvalue weighted by Gasteiger charge is 2.05. The van der Waals surface area contributed by atoms with E-state index in [2.05, 4.69) is 35.3 Å². The van der Waals surface area contributed by atoms with Crippen LogP contribution in [0.25, 0.3) is 0 Å². The molecule has 0 radical (unpaired) electrons. The topological polar surface area (TPSA) is 41.6 Å². The number of rotatable bonds is 8. The molecule has 0 unspecified atom stereocenters. The quantitative estimate of drug-likeness (QED) is 0.809. The summed E-state index contributed by atoms with van der Waals surface area (Å²) in [4.78, 5) is 14.0. The summed E-state index contributed by atoms with van der Waals surface area (Å²) in [5, 5.41) is 2.93. The van der Waals surface area contributed by atoms with Crippen molar-refractivity contribution in [3.8, 4) is 5.75 Å². The second-order valence-electron chi connectivity index (χ2n) is 5.90. The van der Waals surface area contributed by atoms with E-state index in [4.69, 9.17) is 4.74 Å². The Kier molecular flexibility index (Phi) is 6.67. The molecular formula is C20H26N2O2. The molecule has 0 saturated carbocycles. The number of benzene rings is 2. The fourth-order valence-electron chi connectivity index (χ4n) is 2.40. The number of anilines is 1. The Morgan fingerprint density at radius 2 is 1.83 bits per heavy atom. The van der Waals surface area contributed by atoms with Crippen LogP contribution in [0.5, 0.6) is 5.75 Å². The van der Waals surface area contributed by atoms with E-state index in [1.165, 1.54) is 5.56 Å². The molecule has 24 heavy (non-hydrogen) atoms. The molecule has 0 spiro atoms. The van der Waals surface area contributed by atoms with Gasteiger partial charge >= 0.3 is 0 Å². The Labute approximate surface area is 144 Å². The lowest BCUT2D eigenvalue weighted by atomic mass is 10.1. The summed E-state index contributed by atoms with van der Waals surface area (Å²) in [5.41, 5.74) is 3.47. The maximum atomic E-state index is 11.9. The molecule has 0 aromatic heterocycles. The molecule has 0 aliphatic heterocycles. The van der Waals surface area contributed by atoms with Crippen LogP contribution in [0.15, 0.2) is 48.5 Å². The normalized spacial score (nSPS) is 10.3. The van der Waals surface area contributed by atoms with Crippen molar-refractivity contribution in [2.45, 2.75) is 20.3 Å². The highest BCUT2D eigenvalue weighted by molar-refractivity contribution is 5.76. The molecule has 0 atom stereocenters. The number of hydrogen-bond donors (Lipinski definition) is 1. The van der Waals surface area contributed by atoms with Crippen molar-refractivity contribution in [2.75, 3.05) is 31.6 Å². The van der Waals surface area contributed by atoms with Crippen molar-refractivity contribution < 1.29 is 9.53 Å². The minimum absolute atomic E-state index is 0.0155. The average molecular weight is 326 g/mol. The van der Waals surface area contributed by atoms with Crippen LogP contribution in [0, 0.1) is 13.8 Å². The molecule has 2 aromatic rings. The Morgan fingerprint density at radius 1 is 1.08 bits per heavy atom. The summed E-state index contributed by atoms with van der Waals surface area (Å²) in [7, 11) is 2.02. The lowest BCUT2D eigenvalue weighted by molar-refractivity contribution is -0.121. The van der Waals surface area contributed by atoms with Crippen molar-refractivity contribution in [1.82, 2.24) is 5.32 Å². The second-order valence-corrected chi connectivity index (χ2v) is 5.90. The van der Waals surface area contributed by atoms with Crippen molar-refractivity contribution in [3.05, 3.63) is 59.7 Å². The first-order valence-corrected chi connectivity index (χ1v) is 8.30. The predicted molar refractivity (Wildman–Crippen MR) is 98.7 cm³/mol. The first-order valence-electron chi connectivity index (χ1n) is 8.30. The van der Waals surface area contributed by atoms with Crippen molar-refractivity contribution in [2.24, 2.45) is 0 Å². The SMILES string of the molecule is Cc1cccc(OCCC(=O)NCCN(C)c2ccccc2)c1C. The van der Waals surface area contributed by atoms with Crippen molar-refractivity contribution >= 4 is 11.6 Å². The molecule has 4 nitrogen and oxygen atoms in total. The molecule has 0 saturated heterocycles. The van der Waals surface area contributed by atoms with Crippen LogP contribution < -0.4 is 15.0 Å². The fourth-order valence-corrected chi connectivity index (χ4v) is 2.40. The summed E-state index contributed by atoms with van der Waals surface area (Å²) in [6, 6.07) is 16.1. The van der Waals surface area contributed by atoms with Crippen LogP contribution in [-0.2, 0) is 4.79 Å². The number of aryl methyl sites for hydroxylation is 1. The molecule has 0 heterocycles. The standard InChI is InChI=1S/C20H26N2O2/c1-16-8-7-11-19(17(16)2)24-15-12-20(23)21-13-14-22(3)18-9-5-4-6-10-18/h4-11H,12-15H2,1-3H3,(H,21,23). The zero-order valence-electron chi connectivity index (χ0n) is 14.7. The van der Waals surface area contributed by atoms with Crippen molar-refractivity contribution in [3.63, 3.8) is 0 Å². The van der Waals surface area contributed by atoms with Crippen LogP contribution in [0.4, 0.5) is 5.69 Å². The zero-order valence-corrected chi connectivity index (χ0v) is 14.7. The zero-order chi connectivity index (χ0) is 17.4. The summed E-state index contributed by atoms with van der Waals surface area (Å²) < 4.78 is 5.71. The van der Waals surface area contributed by atoms with Gasteiger partial charge in [-0.25, -0.2) is 0 Å². The largest absolute Gasteiger partial charge is 0.493 e. The third kappa shape index (κ3) is 5.30. The van der Waals surface area contributed by atoms with Gasteiger partial charge in [0.25, 0.3) is 0 Å². The molecule has 128 valence electrons. The van der Waals surface area contributed by atoms with E-state index in [1.54, 1.807) is 0 Å². The maximum Gasteiger partial charge on any atom is 0.223 e. The highest BCUT2D eigenvalue weighted by atomic mass is 16.5. The molecule has 4 heteroatoms. The lowest BCUT2D eigenvalue weighted by Crippen LogP contribution is -2.33. The van der Waals surface area contributed by atoms with Gasteiger partial charge in [-0.1, -0.05) is 30.3 Å². The molecule has 2 rings (SSSR count). The number of nitrogens with one attached hydrogen (secondary N) is 1. The third-order valence-electron chi connectivity index (χ3n) is 4.11. The van der Waals surface area contributed by atoms with Gasteiger partial charge in [-0.15, -0.1) is 0 Å². The van der Waals surface area contributed by atoms with Gasteiger partial charge in [0.1, 0.15) is 5.75 Å². The Morgan fingerprint density at radius 3 is 2.58 bits per heavy atom. The van der Waals surface area contributed by atoms with Gasteiger partial charge in [-0.2, -0.15) is 0 Å². The Bertz CT molecular complexity index is 656. The molecule has 0 aliphatic carbocycles. The molecule has 0 fully saturated rings. The maximum absolute atomic E-state index is 11.9. The first-order chi connectivity index (χ1) is 11.6. The first kappa shape index (κ1) is 17.9. The summed E-state index contributed by atoms with van der Waals surface area (Å²) >= 11 is 0. The van der Waals surface area contributed by atoms with E-state index in [0.717, 1.165) is 23.5 Å². The van der Waals surface area contributed by atoms with E-state index >= 15 is 0 Å². The summed E-state index contributed by atoms with van der Waals surface area (Å²) in [6.07, 6.45) is 0.364. The second kappa shape index (κ2) is 8.96. The van der Waals surface area contributed by atoms with Gasteiger partial charge in [-0.05, 0) is 43.2 Å². The number of carbonyl (C=O) groups excluding carboxylic acids is 1. The predicted octanol–water partition coefficient (Wildman–Crippen LogP) is 3.32. The van der Waals surface area contributed by atoms with Crippen LogP contribution in [0.1, 0.15) is 17.5 Å². The van der Waals surface area contributed by atoms with Gasteiger partial charge < -0.3 is 15.0 Å². The van der Waals surface area contributed by atoms with E-state index in [9.17, 15) is 4.79 Å². The molecule has 1 N–H and O–H groups in total. The monoisotopic (exact) mass is 326 g/mol. The number of hydrogen-bond acceptors (Lipinski definition) is 3. The number of para-hydroxylation sites is 1. The van der Waals surface area contributed by atoms with Crippen molar-refractivity contribution in [1.29, 1.82) is 0 Å². The molecule has 2 aromatic carbocycles. The minimum Gasteiger partial charge on any atom is -0.493 e. The molecule has 0 bridgehead atoms. The van der Waals surface area contributed by atoms with Crippen LogP contribution in [-0.4, -0.2) is 32.7 Å². The Balaban J connectivity index is 1.66. The highest BCUT2D eigenvalue weighted by Crippen LogP contribution is 2.20. The third-order valence-corrected chi connectivity index (χ3v) is 4.11. The number of likely N-dealkylation sites (N-methyl/N-ethyl adjacent to an activating group) is 1. The van der Waals surface area contributed by atoms with E-state index in [0.29, 0.717) is 19.6 Å². The summed E-state index contributed by atoms with van der Waals surface area (Å²) in [6.45, 7) is 5.87. The lowest BCUT2D eigenvalue weighted by Gasteiger charge is -2.19. The Hall–Kier alpha value is -2.49. The minimum atomic E-state index is 0.0155. The molecular weight excluding hydrogens is 300 g/mol. The van der Waals surface area contributed by atoms with Gasteiger partial charge in [0.05, 0.1) is 13.0 Å². The van der Waals surface area contributed by atoms with E-state index in [1.807, 2.05) is 44.3 Å². The van der Waals surface area contributed by atoms with Gasteiger partial charge in [-0.3, -0.25) is 4.79 Å². The van der Waals surface area contributed by atoms with E-state index < -0.39 is 0 Å². The smallest absolute Gasteiger partial charge is 0.223 e. The fraction of sp³-hybridized carbons (Fsp3) is 0.350. The average Bonchev–Trinajstić information content (AvgIpc) is 2.59. The number of nitrogens with zero attached hydrogens (tertiary/aromatic N) is 1. The molecule has 0 aliphatic rings. The number of ether oxygens (including phenoxy) is 1. The van der Waals surface area contributed by atoms with Gasteiger partial charge in [0.2, 0.25) is 5.91 Å². The molecule has 1 amide bonds. The van der Waals surface area contributed by atoms with Crippen LogP contribution in [0.3, 0.4) is 0 Å². The summed E-state index contributed by atoms with van der Waals surface area (Å²) in [5.74, 6) is 0.869.